The van der Waals surface area contributed by atoms with E-state index in [0.717, 1.165) is 17.1 Å². The van der Waals surface area contributed by atoms with E-state index in [0.29, 0.717) is 0 Å². The van der Waals surface area contributed by atoms with Crippen molar-refractivity contribution in [3.05, 3.63) is 102 Å². The van der Waals surface area contributed by atoms with Gasteiger partial charge in [0.25, 0.3) is 0 Å². The van der Waals surface area contributed by atoms with Gasteiger partial charge in [0.2, 0.25) is 0 Å². The normalized spacial score (nSPS) is 10.9. The maximum Gasteiger partial charge on any atom is 2.00 e. The predicted molar refractivity (Wildman–Crippen MR) is 105 cm³/mol. The van der Waals surface area contributed by atoms with Gasteiger partial charge in [-0.15, -0.1) is 5.56 Å². The molecular weight excluding hydrogens is 376 g/mol. The molecule has 138 valence electrons. The van der Waals surface area contributed by atoms with Crippen molar-refractivity contribution in [2.24, 2.45) is 0 Å². The summed E-state index contributed by atoms with van der Waals surface area (Å²) < 4.78 is 5.98. The van der Waals surface area contributed by atoms with Gasteiger partial charge < -0.3 is 4.74 Å². The van der Waals surface area contributed by atoms with Crippen LogP contribution in [-0.2, 0) is 17.1 Å². The molecular formula is C23H22FeN2O. The number of hydrogen-bond donors (Lipinski definition) is 0. The fourth-order valence-electron chi connectivity index (χ4n) is 2.55. The van der Waals surface area contributed by atoms with Crippen LogP contribution in [0.2, 0.25) is 0 Å². The molecule has 0 amide bonds. The summed E-state index contributed by atoms with van der Waals surface area (Å²) in [6, 6.07) is 26.0. The molecule has 0 N–H and O–H groups in total. The minimum atomic E-state index is 0. The summed E-state index contributed by atoms with van der Waals surface area (Å²) in [4.78, 5) is 8.74. The quantitative estimate of drug-likeness (QED) is 0.326. The first-order valence-corrected chi connectivity index (χ1v) is 8.66. The van der Waals surface area contributed by atoms with E-state index < -0.39 is 0 Å². The largest absolute Gasteiger partial charge is 2.00 e. The van der Waals surface area contributed by atoms with Crippen molar-refractivity contribution in [2.45, 2.75) is 20.0 Å². The Bertz CT molecular complexity index is 885. The molecule has 4 aromatic rings. The number of hydrogen-bond acceptors (Lipinski definition) is 3. The Morgan fingerprint density at radius 1 is 0.889 bits per heavy atom. The van der Waals surface area contributed by atoms with Crippen LogP contribution >= 0.6 is 0 Å². The fraction of sp³-hybridized carbons (Fsp3) is 0.130. The molecule has 0 saturated carbocycles. The molecule has 0 aliphatic rings. The van der Waals surface area contributed by atoms with Crippen LogP contribution in [-0.4, -0.2) is 9.97 Å². The molecule has 2 aromatic heterocycles. The van der Waals surface area contributed by atoms with E-state index in [1.54, 1.807) is 12.4 Å². The summed E-state index contributed by atoms with van der Waals surface area (Å²) in [5.74, 6) is 0.803. The Kier molecular flexibility index (Phi) is 7.99. The zero-order chi connectivity index (χ0) is 18.2. The van der Waals surface area contributed by atoms with Crippen LogP contribution in [0.15, 0.2) is 91.3 Å². The van der Waals surface area contributed by atoms with Crippen LogP contribution in [0, 0.1) is 6.92 Å². The molecule has 0 radical (unpaired) electrons. The molecule has 27 heavy (non-hydrogen) atoms. The maximum atomic E-state index is 5.98. The standard InChI is InChI=1S/C18H17N2O.C5H5.Fe/c1-13-7-9-19-17(11-13)18-12-16(8-10-20-18)21-14(2)15-5-3-4-6-15;1-2-4-5-3-1;/h3-12,14H,1-2H3;1-5H;/q2*-1;+2. The van der Waals surface area contributed by atoms with Crippen LogP contribution in [0.3, 0.4) is 0 Å². The second kappa shape index (κ2) is 10.5. The van der Waals surface area contributed by atoms with Crippen LogP contribution in [0.4, 0.5) is 0 Å². The third-order valence-electron chi connectivity index (χ3n) is 3.94. The average molecular weight is 398 g/mol. The second-order valence-corrected chi connectivity index (χ2v) is 6.04. The number of aromatic nitrogens is 2. The Hall–Kier alpha value is -2.68. The predicted octanol–water partition coefficient (Wildman–Crippen LogP) is 5.71. The van der Waals surface area contributed by atoms with E-state index >= 15 is 0 Å². The van der Waals surface area contributed by atoms with E-state index in [1.165, 1.54) is 11.1 Å². The van der Waals surface area contributed by atoms with Gasteiger partial charge in [0.05, 0.1) is 17.5 Å². The van der Waals surface area contributed by atoms with Crippen LogP contribution in [0.1, 0.15) is 24.2 Å². The summed E-state index contributed by atoms with van der Waals surface area (Å²) in [5.41, 5.74) is 4.02. The van der Waals surface area contributed by atoms with Crippen molar-refractivity contribution in [3.63, 3.8) is 0 Å². The van der Waals surface area contributed by atoms with Crippen LogP contribution in [0.5, 0.6) is 5.75 Å². The van der Waals surface area contributed by atoms with Crippen molar-refractivity contribution in [1.82, 2.24) is 9.97 Å². The van der Waals surface area contributed by atoms with Crippen LogP contribution in [0.25, 0.3) is 11.4 Å². The minimum absolute atomic E-state index is 0. The Morgan fingerprint density at radius 2 is 1.59 bits per heavy atom. The molecule has 2 heterocycles. The number of ether oxygens (including phenoxy) is 1. The first-order chi connectivity index (χ1) is 12.7. The van der Waals surface area contributed by atoms with Gasteiger partial charge in [0.15, 0.2) is 0 Å². The van der Waals surface area contributed by atoms with E-state index in [9.17, 15) is 0 Å². The second-order valence-electron chi connectivity index (χ2n) is 6.04. The van der Waals surface area contributed by atoms with E-state index in [4.69, 9.17) is 4.74 Å². The molecule has 3 nitrogen and oxygen atoms in total. The van der Waals surface area contributed by atoms with Crippen molar-refractivity contribution in [3.8, 4) is 17.1 Å². The molecule has 0 spiro atoms. The van der Waals surface area contributed by atoms with Gasteiger partial charge in [-0.05, 0) is 37.6 Å². The topological polar surface area (TPSA) is 35.0 Å². The monoisotopic (exact) mass is 398 g/mol. The zero-order valence-corrected chi connectivity index (χ0v) is 16.5. The maximum absolute atomic E-state index is 5.98. The fourth-order valence-corrected chi connectivity index (χ4v) is 2.55. The Balaban J connectivity index is 0.000000379. The number of nitrogens with zero attached hydrogens (tertiary/aromatic N) is 2. The Labute approximate surface area is 171 Å². The van der Waals surface area contributed by atoms with Gasteiger partial charge in [-0.3, -0.25) is 9.97 Å². The summed E-state index contributed by atoms with van der Waals surface area (Å²) in [6.45, 7) is 4.09. The molecule has 0 bridgehead atoms. The van der Waals surface area contributed by atoms with Gasteiger partial charge in [-0.1, -0.05) is 0 Å². The molecule has 4 heteroatoms. The van der Waals surface area contributed by atoms with Crippen molar-refractivity contribution in [1.29, 1.82) is 0 Å². The summed E-state index contributed by atoms with van der Waals surface area (Å²) >= 11 is 0. The molecule has 0 saturated heterocycles. The molecule has 1 unspecified atom stereocenters. The van der Waals surface area contributed by atoms with Crippen molar-refractivity contribution >= 4 is 0 Å². The van der Waals surface area contributed by atoms with Gasteiger partial charge >= 0.3 is 17.1 Å². The SMILES string of the molecule is Cc1ccnc(-c2cc(OC(C)c3ccc[cH-]3)ccn2)c1.[Fe+2].c1cc[cH-]c1. The number of aryl methyl sites for hydroxylation is 1. The van der Waals surface area contributed by atoms with E-state index in [1.807, 2.05) is 80.6 Å². The van der Waals surface area contributed by atoms with Gasteiger partial charge in [0.1, 0.15) is 5.75 Å². The third kappa shape index (κ3) is 6.21. The summed E-state index contributed by atoms with van der Waals surface area (Å²) in [7, 11) is 0. The summed E-state index contributed by atoms with van der Waals surface area (Å²) in [5, 5.41) is 0. The third-order valence-corrected chi connectivity index (χ3v) is 3.94. The molecule has 1 atom stereocenters. The molecule has 0 aliphatic carbocycles. The summed E-state index contributed by atoms with van der Waals surface area (Å²) in [6.07, 6.45) is 3.57. The van der Waals surface area contributed by atoms with E-state index in [2.05, 4.69) is 22.1 Å². The molecule has 4 rings (SSSR count). The Morgan fingerprint density at radius 3 is 2.19 bits per heavy atom. The molecule has 2 aromatic carbocycles. The number of rotatable bonds is 4. The average Bonchev–Trinajstić information content (AvgIpc) is 3.38. The molecule has 0 fully saturated rings. The minimum Gasteiger partial charge on any atom is -0.488 e. The van der Waals surface area contributed by atoms with Crippen molar-refractivity contribution in [2.75, 3.05) is 0 Å². The van der Waals surface area contributed by atoms with E-state index in [-0.39, 0.29) is 23.2 Å². The zero-order valence-electron chi connectivity index (χ0n) is 15.4. The first-order valence-electron chi connectivity index (χ1n) is 8.66. The van der Waals surface area contributed by atoms with Crippen molar-refractivity contribution < 1.29 is 21.8 Å². The number of pyridine rings is 2. The molecule has 0 aliphatic heterocycles. The van der Waals surface area contributed by atoms with Gasteiger partial charge in [-0.25, -0.2) is 24.3 Å². The first kappa shape index (κ1) is 20.6. The van der Waals surface area contributed by atoms with Gasteiger partial charge in [0, 0.05) is 18.5 Å². The van der Waals surface area contributed by atoms with Crippen LogP contribution < -0.4 is 4.74 Å². The smallest absolute Gasteiger partial charge is 0.488 e. The van der Waals surface area contributed by atoms with Gasteiger partial charge in [-0.2, -0.15) is 30.3 Å².